The van der Waals surface area contributed by atoms with Crippen LogP contribution in [0.5, 0.6) is 0 Å². The van der Waals surface area contributed by atoms with Gasteiger partial charge in [0.05, 0.1) is 0 Å². The van der Waals surface area contributed by atoms with Gasteiger partial charge in [-0.3, -0.25) is 0 Å². The topological polar surface area (TPSA) is 16.1 Å². The van der Waals surface area contributed by atoms with Crippen molar-refractivity contribution in [2.45, 2.75) is 38.1 Å². The summed E-state index contributed by atoms with van der Waals surface area (Å²) >= 11 is 0. The van der Waals surface area contributed by atoms with E-state index in [0.717, 1.165) is 18.2 Å². The van der Waals surface area contributed by atoms with E-state index in [4.69, 9.17) is 0 Å². The van der Waals surface area contributed by atoms with Crippen LogP contribution >= 0.6 is 0 Å². The van der Waals surface area contributed by atoms with Gasteiger partial charge < -0.3 is 4.90 Å². The van der Waals surface area contributed by atoms with Crippen LogP contribution in [0.1, 0.15) is 32.1 Å². The number of anilines is 1. The maximum absolute atomic E-state index is 13.1. The maximum Gasteiger partial charge on any atom is 0.214 e. The van der Waals surface area contributed by atoms with Crippen LogP contribution in [0.3, 0.4) is 0 Å². The largest absolute Gasteiger partial charge is 0.368 e. The summed E-state index contributed by atoms with van der Waals surface area (Å²) in [5.41, 5.74) is 1.02. The van der Waals surface area contributed by atoms with Crippen molar-refractivity contribution in [2.24, 2.45) is 5.92 Å². The van der Waals surface area contributed by atoms with Gasteiger partial charge in [0.15, 0.2) is 0 Å². The number of fused-ring (bicyclic) bond motifs is 1. The van der Waals surface area contributed by atoms with Crippen molar-refractivity contribution in [1.82, 2.24) is 4.98 Å². The van der Waals surface area contributed by atoms with E-state index < -0.39 is 0 Å². The smallest absolute Gasteiger partial charge is 0.214 e. The van der Waals surface area contributed by atoms with Crippen molar-refractivity contribution in [1.29, 1.82) is 0 Å². The van der Waals surface area contributed by atoms with E-state index in [1.807, 2.05) is 6.07 Å². The molecule has 0 spiro atoms. The average Bonchev–Trinajstić information content (AvgIpc) is 2.72. The van der Waals surface area contributed by atoms with Gasteiger partial charge in [0.25, 0.3) is 0 Å². The number of halogens is 1. The van der Waals surface area contributed by atoms with Crippen molar-refractivity contribution >= 4 is 5.69 Å². The van der Waals surface area contributed by atoms with Crippen LogP contribution in [-0.4, -0.2) is 17.6 Å². The molecule has 3 heteroatoms. The van der Waals surface area contributed by atoms with Gasteiger partial charge in [-0.25, -0.2) is 4.98 Å². The molecule has 2 aliphatic rings. The minimum absolute atomic E-state index is 0.364. The molecule has 2 fully saturated rings. The molecule has 2 atom stereocenters. The fourth-order valence-corrected chi connectivity index (χ4v) is 3.30. The third-order valence-corrected chi connectivity index (χ3v) is 4.05. The predicted molar refractivity (Wildman–Crippen MR) is 61.9 cm³/mol. The van der Waals surface area contributed by atoms with Crippen molar-refractivity contribution in [3.63, 3.8) is 0 Å². The molecule has 1 saturated carbocycles. The van der Waals surface area contributed by atoms with Crippen LogP contribution in [0.25, 0.3) is 0 Å². The molecule has 0 amide bonds. The first-order valence-corrected chi connectivity index (χ1v) is 6.23. The average molecular weight is 220 g/mol. The Hall–Kier alpha value is -1.12. The molecule has 1 saturated heterocycles. The summed E-state index contributed by atoms with van der Waals surface area (Å²) in [6.45, 7) is 1.08. The lowest BCUT2D eigenvalue weighted by molar-refractivity contribution is 0.342. The third-order valence-electron chi connectivity index (χ3n) is 4.05. The Morgan fingerprint density at radius 2 is 2.12 bits per heavy atom. The van der Waals surface area contributed by atoms with Crippen LogP contribution in [0, 0.1) is 11.9 Å². The van der Waals surface area contributed by atoms with E-state index in [1.165, 1.54) is 32.1 Å². The monoisotopic (exact) mass is 220 g/mol. The molecule has 16 heavy (non-hydrogen) atoms. The van der Waals surface area contributed by atoms with E-state index in [0.29, 0.717) is 6.04 Å². The predicted octanol–water partition coefficient (Wildman–Crippen LogP) is 2.99. The summed E-state index contributed by atoms with van der Waals surface area (Å²) in [6.07, 6.45) is 8.17. The Kier molecular flexibility index (Phi) is 2.54. The van der Waals surface area contributed by atoms with Crippen molar-refractivity contribution in [2.75, 3.05) is 11.4 Å². The first-order chi connectivity index (χ1) is 7.84. The molecule has 1 aliphatic carbocycles. The second-order valence-corrected chi connectivity index (χ2v) is 4.93. The van der Waals surface area contributed by atoms with E-state index in [9.17, 15) is 4.39 Å². The third kappa shape index (κ3) is 1.68. The van der Waals surface area contributed by atoms with E-state index >= 15 is 0 Å². The molecule has 86 valence electrons. The van der Waals surface area contributed by atoms with Gasteiger partial charge in [0, 0.05) is 30.5 Å². The highest BCUT2D eigenvalue weighted by molar-refractivity contribution is 5.47. The number of hydrogen-bond donors (Lipinski definition) is 0. The fourth-order valence-electron chi connectivity index (χ4n) is 3.30. The van der Waals surface area contributed by atoms with Gasteiger partial charge in [-0.1, -0.05) is 12.8 Å². The van der Waals surface area contributed by atoms with Crippen LogP contribution in [0.2, 0.25) is 0 Å². The molecule has 2 heterocycles. The molecule has 1 aliphatic heterocycles. The highest BCUT2D eigenvalue weighted by Crippen LogP contribution is 2.38. The first kappa shape index (κ1) is 10.1. The molecule has 0 bridgehead atoms. The van der Waals surface area contributed by atoms with Crippen molar-refractivity contribution in [3.8, 4) is 0 Å². The lowest BCUT2D eigenvalue weighted by Crippen LogP contribution is -2.34. The number of pyridine rings is 1. The first-order valence-electron chi connectivity index (χ1n) is 6.23. The van der Waals surface area contributed by atoms with E-state index in [1.54, 1.807) is 12.3 Å². The zero-order valence-corrected chi connectivity index (χ0v) is 9.40. The van der Waals surface area contributed by atoms with Crippen LogP contribution in [0.4, 0.5) is 10.1 Å². The summed E-state index contributed by atoms with van der Waals surface area (Å²) in [5, 5.41) is 0. The molecule has 0 aromatic carbocycles. The number of hydrogen-bond acceptors (Lipinski definition) is 2. The van der Waals surface area contributed by atoms with Crippen LogP contribution < -0.4 is 4.90 Å². The second-order valence-electron chi connectivity index (χ2n) is 4.93. The molecule has 0 radical (unpaired) electrons. The lowest BCUT2D eigenvalue weighted by Gasteiger charge is -2.33. The molecule has 2 unspecified atom stereocenters. The van der Waals surface area contributed by atoms with Crippen molar-refractivity contribution in [3.05, 3.63) is 24.3 Å². The van der Waals surface area contributed by atoms with Gasteiger partial charge in [0.1, 0.15) is 0 Å². The summed E-state index contributed by atoms with van der Waals surface area (Å²) in [4.78, 5) is 6.01. The van der Waals surface area contributed by atoms with Gasteiger partial charge in [-0.2, -0.15) is 4.39 Å². The zero-order valence-electron chi connectivity index (χ0n) is 9.40. The lowest BCUT2D eigenvalue weighted by atomic mass is 9.85. The minimum Gasteiger partial charge on any atom is -0.368 e. The molecule has 3 rings (SSSR count). The molecule has 1 aromatic heterocycles. The Bertz CT molecular complexity index is 380. The van der Waals surface area contributed by atoms with Gasteiger partial charge in [-0.15, -0.1) is 0 Å². The van der Waals surface area contributed by atoms with Gasteiger partial charge in [-0.05, 0) is 31.2 Å². The summed E-state index contributed by atoms with van der Waals surface area (Å²) < 4.78 is 13.1. The SMILES string of the molecule is Fc1cc(N2CCC3CCCCC32)ccn1. The summed E-state index contributed by atoms with van der Waals surface area (Å²) in [5.74, 6) is 0.474. The second kappa shape index (κ2) is 4.04. The van der Waals surface area contributed by atoms with Gasteiger partial charge >= 0.3 is 0 Å². The normalized spacial score (nSPS) is 29.2. The van der Waals surface area contributed by atoms with Crippen LogP contribution in [-0.2, 0) is 0 Å². The molecule has 1 aromatic rings. The molecular weight excluding hydrogens is 203 g/mol. The van der Waals surface area contributed by atoms with E-state index in [-0.39, 0.29) is 5.95 Å². The molecule has 0 N–H and O–H groups in total. The summed E-state index contributed by atoms with van der Waals surface area (Å²) in [7, 11) is 0. The zero-order chi connectivity index (χ0) is 11.0. The van der Waals surface area contributed by atoms with E-state index in [2.05, 4.69) is 9.88 Å². The molecule has 2 nitrogen and oxygen atoms in total. The Morgan fingerprint density at radius 1 is 1.25 bits per heavy atom. The molecular formula is C13H17FN2. The Morgan fingerprint density at radius 3 is 3.00 bits per heavy atom. The highest BCUT2D eigenvalue weighted by atomic mass is 19.1. The fraction of sp³-hybridized carbons (Fsp3) is 0.615. The maximum atomic E-state index is 13.1. The minimum atomic E-state index is -0.364. The number of rotatable bonds is 1. The number of nitrogens with zero attached hydrogens (tertiary/aromatic N) is 2. The number of aromatic nitrogens is 1. The highest BCUT2D eigenvalue weighted by Gasteiger charge is 2.35. The Labute approximate surface area is 95.5 Å². The standard InChI is InChI=1S/C13H17FN2/c14-13-9-11(5-7-15-13)16-8-6-10-3-1-2-4-12(10)16/h5,7,9-10,12H,1-4,6,8H2. The summed E-state index contributed by atoms with van der Waals surface area (Å²) in [6, 6.07) is 4.15. The van der Waals surface area contributed by atoms with Crippen molar-refractivity contribution < 1.29 is 4.39 Å². The quantitative estimate of drug-likeness (QED) is 0.676. The Balaban J connectivity index is 1.85. The van der Waals surface area contributed by atoms with Gasteiger partial charge in [0.2, 0.25) is 5.95 Å². The van der Waals surface area contributed by atoms with Crippen LogP contribution in [0.15, 0.2) is 18.3 Å².